The van der Waals surface area contributed by atoms with Gasteiger partial charge >= 0.3 is 0 Å². The van der Waals surface area contributed by atoms with Gasteiger partial charge in [-0.2, -0.15) is 0 Å². The zero-order valence-electron chi connectivity index (χ0n) is 18.9. The molecule has 1 heterocycles. The molecule has 1 amide bonds. The molecule has 0 bridgehead atoms. The number of carbonyl (C=O) groups excluding carboxylic acids is 1. The van der Waals surface area contributed by atoms with Gasteiger partial charge in [-0.1, -0.05) is 42.0 Å². The quantitative estimate of drug-likeness (QED) is 0.496. The predicted octanol–water partition coefficient (Wildman–Crippen LogP) is 3.16. The minimum Gasteiger partial charge on any atom is -0.493 e. The largest absolute Gasteiger partial charge is 0.493 e. The number of nitrogens with one attached hydrogen (secondary N) is 1. The van der Waals surface area contributed by atoms with Gasteiger partial charge < -0.3 is 19.5 Å². The van der Waals surface area contributed by atoms with Crippen LogP contribution in [0, 0.1) is 6.92 Å². The van der Waals surface area contributed by atoms with Gasteiger partial charge in [0.15, 0.2) is 17.6 Å². The summed E-state index contributed by atoms with van der Waals surface area (Å²) >= 11 is 0. The molecule has 0 saturated carbocycles. The Balaban J connectivity index is 1.46. The summed E-state index contributed by atoms with van der Waals surface area (Å²) < 4.78 is 44.8. The summed E-state index contributed by atoms with van der Waals surface area (Å²) in [5.74, 6) is 1.06. The van der Waals surface area contributed by atoms with E-state index in [4.69, 9.17) is 14.2 Å². The second-order valence-corrected chi connectivity index (χ2v) is 9.58. The molecule has 3 aromatic rings. The van der Waals surface area contributed by atoms with Crippen molar-refractivity contribution in [2.45, 2.75) is 17.9 Å². The van der Waals surface area contributed by atoms with Gasteiger partial charge in [0.05, 0.1) is 30.8 Å². The number of carbonyl (C=O) groups is 1. The molecular formula is C25H26N2O6S. The minimum atomic E-state index is -3.89. The summed E-state index contributed by atoms with van der Waals surface area (Å²) in [6.45, 7) is 2.16. The lowest BCUT2D eigenvalue weighted by Gasteiger charge is -2.34. The summed E-state index contributed by atoms with van der Waals surface area (Å²) in [6.07, 6.45) is -1.01. The molecule has 4 rings (SSSR count). The highest BCUT2D eigenvalue weighted by molar-refractivity contribution is 7.92. The highest BCUT2D eigenvalue weighted by Gasteiger charge is 2.37. The Morgan fingerprint density at radius 2 is 1.71 bits per heavy atom. The summed E-state index contributed by atoms with van der Waals surface area (Å²) in [5.41, 5.74) is 1.35. The van der Waals surface area contributed by atoms with Crippen molar-refractivity contribution in [2.24, 2.45) is 0 Å². The highest BCUT2D eigenvalue weighted by Crippen LogP contribution is 2.36. The van der Waals surface area contributed by atoms with E-state index < -0.39 is 22.0 Å². The predicted molar refractivity (Wildman–Crippen MR) is 128 cm³/mol. The number of amides is 1. The molecule has 0 spiro atoms. The van der Waals surface area contributed by atoms with Crippen molar-refractivity contribution < 1.29 is 27.4 Å². The third-order valence-electron chi connectivity index (χ3n) is 5.36. The number of benzene rings is 3. The normalized spacial score (nSPS) is 15.1. The molecule has 1 atom stereocenters. The van der Waals surface area contributed by atoms with Gasteiger partial charge in [0.25, 0.3) is 15.9 Å². The van der Waals surface area contributed by atoms with Crippen LogP contribution in [0.2, 0.25) is 0 Å². The van der Waals surface area contributed by atoms with Crippen molar-refractivity contribution in [3.8, 4) is 17.2 Å². The molecule has 0 unspecified atom stereocenters. The second-order valence-electron chi connectivity index (χ2n) is 7.71. The molecule has 0 aromatic heterocycles. The number of hydrogen-bond acceptors (Lipinski definition) is 6. The summed E-state index contributed by atoms with van der Waals surface area (Å²) in [7, 11) is -2.34. The first kappa shape index (κ1) is 23.4. The van der Waals surface area contributed by atoms with Gasteiger partial charge in [-0.05, 0) is 43.3 Å². The van der Waals surface area contributed by atoms with Crippen LogP contribution in [0.4, 0.5) is 5.69 Å². The average Bonchev–Trinajstić information content (AvgIpc) is 2.86. The first-order valence-electron chi connectivity index (χ1n) is 10.8. The van der Waals surface area contributed by atoms with E-state index >= 15 is 0 Å². The van der Waals surface area contributed by atoms with Gasteiger partial charge in [0.2, 0.25) is 0 Å². The molecule has 1 N–H and O–H groups in total. The molecule has 0 saturated heterocycles. The Kier molecular flexibility index (Phi) is 6.93. The van der Waals surface area contributed by atoms with E-state index in [1.54, 1.807) is 67.8 Å². The molecule has 0 radical (unpaired) electrons. The van der Waals surface area contributed by atoms with E-state index in [-0.39, 0.29) is 24.6 Å². The van der Waals surface area contributed by atoms with Crippen LogP contribution in [-0.4, -0.2) is 47.2 Å². The number of anilines is 1. The molecule has 0 fully saturated rings. The van der Waals surface area contributed by atoms with E-state index in [9.17, 15) is 13.2 Å². The van der Waals surface area contributed by atoms with Gasteiger partial charge in [-0.15, -0.1) is 0 Å². The molecule has 3 aromatic carbocycles. The zero-order chi connectivity index (χ0) is 24.1. The number of fused-ring (bicyclic) bond motifs is 1. The van der Waals surface area contributed by atoms with E-state index in [1.165, 1.54) is 4.31 Å². The lowest BCUT2D eigenvalue weighted by atomic mass is 10.2. The molecule has 1 aliphatic rings. The molecule has 178 valence electrons. The Labute approximate surface area is 199 Å². The SMILES string of the molecule is COc1ccccc1OCCNC(=O)[C@@H]1CN(S(=O)(=O)c2ccc(C)cc2)c2ccccc2O1. The maximum Gasteiger partial charge on any atom is 0.264 e. The summed E-state index contributed by atoms with van der Waals surface area (Å²) in [4.78, 5) is 13.0. The van der Waals surface area contributed by atoms with Crippen molar-refractivity contribution >= 4 is 21.6 Å². The summed E-state index contributed by atoms with van der Waals surface area (Å²) in [6, 6.07) is 20.6. The average molecular weight is 483 g/mol. The molecule has 8 nitrogen and oxygen atoms in total. The second kappa shape index (κ2) is 10.0. The fraction of sp³-hybridized carbons (Fsp3) is 0.240. The number of sulfonamides is 1. The van der Waals surface area contributed by atoms with Gasteiger partial charge in [0.1, 0.15) is 12.4 Å². The lowest BCUT2D eigenvalue weighted by molar-refractivity contribution is -0.127. The van der Waals surface area contributed by atoms with Gasteiger partial charge in [-0.3, -0.25) is 9.10 Å². The van der Waals surface area contributed by atoms with Crippen LogP contribution in [0.1, 0.15) is 5.56 Å². The first-order valence-corrected chi connectivity index (χ1v) is 12.2. The third kappa shape index (κ3) is 4.94. The molecule has 1 aliphatic heterocycles. The maximum absolute atomic E-state index is 13.4. The Bertz CT molecular complexity index is 1260. The maximum atomic E-state index is 13.4. The molecule has 0 aliphatic carbocycles. The zero-order valence-corrected chi connectivity index (χ0v) is 19.7. The van der Waals surface area contributed by atoms with Crippen LogP contribution in [0.5, 0.6) is 17.2 Å². The van der Waals surface area contributed by atoms with Crippen LogP contribution in [0.3, 0.4) is 0 Å². The van der Waals surface area contributed by atoms with Crippen LogP contribution in [-0.2, 0) is 14.8 Å². The number of para-hydroxylation sites is 4. The van der Waals surface area contributed by atoms with E-state index in [0.29, 0.717) is 22.9 Å². The minimum absolute atomic E-state index is 0.146. The van der Waals surface area contributed by atoms with Crippen molar-refractivity contribution in [2.75, 3.05) is 31.1 Å². The van der Waals surface area contributed by atoms with Crippen molar-refractivity contribution in [1.82, 2.24) is 5.32 Å². The first-order chi connectivity index (χ1) is 16.4. The number of methoxy groups -OCH3 is 1. The highest BCUT2D eigenvalue weighted by atomic mass is 32.2. The lowest BCUT2D eigenvalue weighted by Crippen LogP contribution is -2.51. The fourth-order valence-corrected chi connectivity index (χ4v) is 5.07. The van der Waals surface area contributed by atoms with Crippen LogP contribution >= 0.6 is 0 Å². The van der Waals surface area contributed by atoms with Crippen LogP contribution in [0.15, 0.2) is 77.7 Å². The molecule has 34 heavy (non-hydrogen) atoms. The van der Waals surface area contributed by atoms with Crippen molar-refractivity contribution in [3.05, 3.63) is 78.4 Å². The fourth-order valence-electron chi connectivity index (χ4n) is 3.59. The Morgan fingerprint density at radius 3 is 2.44 bits per heavy atom. The van der Waals surface area contributed by atoms with E-state index in [1.807, 2.05) is 19.1 Å². The van der Waals surface area contributed by atoms with E-state index in [2.05, 4.69) is 5.32 Å². The van der Waals surface area contributed by atoms with Crippen LogP contribution < -0.4 is 23.8 Å². The van der Waals surface area contributed by atoms with Gasteiger partial charge in [-0.25, -0.2) is 8.42 Å². The molecular weight excluding hydrogens is 456 g/mol. The smallest absolute Gasteiger partial charge is 0.264 e. The third-order valence-corrected chi connectivity index (χ3v) is 7.16. The Morgan fingerprint density at radius 1 is 1.03 bits per heavy atom. The molecule has 9 heteroatoms. The topological polar surface area (TPSA) is 94.2 Å². The number of rotatable bonds is 8. The summed E-state index contributed by atoms with van der Waals surface area (Å²) in [5, 5.41) is 2.76. The van der Waals surface area contributed by atoms with Gasteiger partial charge in [0, 0.05) is 0 Å². The van der Waals surface area contributed by atoms with E-state index in [0.717, 1.165) is 5.56 Å². The number of nitrogens with zero attached hydrogens (tertiary/aromatic N) is 1. The standard InChI is InChI=1S/C25H26N2O6S/c1-18-11-13-19(14-12-18)34(29,30)27-17-24(33-21-8-4-3-7-20(21)27)25(28)26-15-16-32-23-10-6-5-9-22(23)31-2/h3-14,24H,15-17H2,1-2H3,(H,26,28)/t24-/m0/s1. The van der Waals surface area contributed by atoms with Crippen molar-refractivity contribution in [1.29, 1.82) is 0 Å². The van der Waals surface area contributed by atoms with Crippen LogP contribution in [0.25, 0.3) is 0 Å². The van der Waals surface area contributed by atoms with Crippen molar-refractivity contribution in [3.63, 3.8) is 0 Å². The monoisotopic (exact) mass is 482 g/mol. The number of hydrogen-bond donors (Lipinski definition) is 1. The number of ether oxygens (including phenoxy) is 3. The number of aryl methyl sites for hydroxylation is 1. The Hall–Kier alpha value is -3.72.